The number of nitro groups is 1. The van der Waals surface area contributed by atoms with Gasteiger partial charge in [0.2, 0.25) is 0 Å². The SMILES string of the molecule is O=C(N/N=C/c1cccc([N+](=O)[O-])c1)c1ccc(Br)cc1O. The van der Waals surface area contributed by atoms with Crippen LogP contribution < -0.4 is 5.43 Å². The summed E-state index contributed by atoms with van der Waals surface area (Å²) in [6, 6.07) is 10.2. The second-order valence-corrected chi connectivity index (χ2v) is 5.13. The third-order valence-corrected chi connectivity index (χ3v) is 3.16. The molecular formula is C14H10BrN3O4. The number of carbonyl (C=O) groups is 1. The number of phenolic OH excluding ortho intramolecular Hbond substituents is 1. The molecule has 2 aromatic rings. The van der Waals surface area contributed by atoms with Crippen LogP contribution in [0.5, 0.6) is 5.75 Å². The number of halogens is 1. The number of non-ortho nitro benzene ring substituents is 1. The van der Waals surface area contributed by atoms with E-state index in [1.54, 1.807) is 12.1 Å². The molecule has 0 unspecified atom stereocenters. The van der Waals surface area contributed by atoms with Gasteiger partial charge in [-0.25, -0.2) is 5.43 Å². The van der Waals surface area contributed by atoms with Crippen LogP contribution in [0, 0.1) is 10.1 Å². The van der Waals surface area contributed by atoms with Gasteiger partial charge >= 0.3 is 0 Å². The van der Waals surface area contributed by atoms with Gasteiger partial charge in [-0.2, -0.15) is 5.10 Å². The third-order valence-electron chi connectivity index (χ3n) is 2.67. The molecule has 2 rings (SSSR count). The summed E-state index contributed by atoms with van der Waals surface area (Å²) in [6.45, 7) is 0. The fourth-order valence-electron chi connectivity index (χ4n) is 1.64. The van der Waals surface area contributed by atoms with E-state index < -0.39 is 10.8 Å². The standard InChI is InChI=1S/C14H10BrN3O4/c15-10-4-5-12(13(19)7-10)14(20)17-16-8-9-2-1-3-11(6-9)18(21)22/h1-8,19H,(H,17,20)/b16-8+. The van der Waals surface area contributed by atoms with Gasteiger partial charge < -0.3 is 5.11 Å². The summed E-state index contributed by atoms with van der Waals surface area (Å²) in [5.41, 5.74) is 2.71. The van der Waals surface area contributed by atoms with Crippen LogP contribution in [-0.2, 0) is 0 Å². The first-order chi connectivity index (χ1) is 10.5. The number of rotatable bonds is 4. The molecule has 0 aliphatic rings. The minimum Gasteiger partial charge on any atom is -0.507 e. The Balaban J connectivity index is 2.07. The third kappa shape index (κ3) is 3.89. The zero-order valence-corrected chi connectivity index (χ0v) is 12.6. The molecule has 2 N–H and O–H groups in total. The van der Waals surface area contributed by atoms with Crippen molar-refractivity contribution in [3.05, 3.63) is 68.2 Å². The quantitative estimate of drug-likeness (QED) is 0.494. The van der Waals surface area contributed by atoms with Crippen molar-refractivity contribution in [1.82, 2.24) is 5.43 Å². The minimum absolute atomic E-state index is 0.0687. The lowest BCUT2D eigenvalue weighted by molar-refractivity contribution is -0.384. The largest absolute Gasteiger partial charge is 0.507 e. The van der Waals surface area contributed by atoms with E-state index in [4.69, 9.17) is 0 Å². The van der Waals surface area contributed by atoms with Gasteiger partial charge in [0.05, 0.1) is 16.7 Å². The average molecular weight is 364 g/mol. The van der Waals surface area contributed by atoms with Crippen LogP contribution in [-0.4, -0.2) is 22.2 Å². The molecule has 1 amide bonds. The molecule has 0 heterocycles. The van der Waals surface area contributed by atoms with E-state index in [1.807, 2.05) is 0 Å². The Hall–Kier alpha value is -2.74. The molecule has 0 aromatic heterocycles. The van der Waals surface area contributed by atoms with Gasteiger partial charge in [-0.3, -0.25) is 14.9 Å². The Kier molecular flexibility index (Phi) is 4.84. The predicted octanol–water partition coefficient (Wildman–Crippen LogP) is 2.83. The first kappa shape index (κ1) is 15.6. The summed E-state index contributed by atoms with van der Waals surface area (Å²) in [5, 5.41) is 24.0. The van der Waals surface area contributed by atoms with Crippen LogP contribution in [0.4, 0.5) is 5.69 Å². The van der Waals surface area contributed by atoms with E-state index in [0.717, 1.165) is 0 Å². The minimum atomic E-state index is -0.591. The van der Waals surface area contributed by atoms with Crippen molar-refractivity contribution in [2.45, 2.75) is 0 Å². The molecule has 0 fully saturated rings. The van der Waals surface area contributed by atoms with Gasteiger partial charge in [-0.15, -0.1) is 0 Å². The fourth-order valence-corrected chi connectivity index (χ4v) is 1.99. The topological polar surface area (TPSA) is 105 Å². The zero-order chi connectivity index (χ0) is 16.1. The Morgan fingerprint density at radius 3 is 2.77 bits per heavy atom. The molecule has 0 bridgehead atoms. The van der Waals surface area contributed by atoms with Gasteiger partial charge in [-0.1, -0.05) is 28.1 Å². The molecule has 0 saturated carbocycles. The number of nitrogens with one attached hydrogen (secondary N) is 1. The molecule has 7 nitrogen and oxygen atoms in total. The van der Waals surface area contributed by atoms with E-state index in [-0.39, 0.29) is 17.0 Å². The number of benzene rings is 2. The number of phenols is 1. The molecule has 2 aromatic carbocycles. The predicted molar refractivity (Wildman–Crippen MR) is 84.0 cm³/mol. The van der Waals surface area contributed by atoms with Gasteiger partial charge in [0.25, 0.3) is 11.6 Å². The first-order valence-electron chi connectivity index (χ1n) is 6.04. The Labute approximate surface area is 133 Å². The fraction of sp³-hybridized carbons (Fsp3) is 0. The molecule has 112 valence electrons. The summed E-state index contributed by atoms with van der Waals surface area (Å²) in [4.78, 5) is 22.0. The van der Waals surface area contributed by atoms with Crippen LogP contribution in [0.3, 0.4) is 0 Å². The average Bonchev–Trinajstić information content (AvgIpc) is 2.47. The molecule has 0 saturated heterocycles. The molecule has 0 aliphatic heterocycles. The molecule has 0 aliphatic carbocycles. The van der Waals surface area contributed by atoms with Crippen LogP contribution >= 0.6 is 15.9 Å². The second-order valence-electron chi connectivity index (χ2n) is 4.21. The number of amides is 1. The van der Waals surface area contributed by atoms with Crippen molar-refractivity contribution in [1.29, 1.82) is 0 Å². The zero-order valence-electron chi connectivity index (χ0n) is 11.1. The van der Waals surface area contributed by atoms with Crippen molar-refractivity contribution >= 4 is 33.7 Å². The van der Waals surface area contributed by atoms with E-state index in [0.29, 0.717) is 10.0 Å². The Morgan fingerprint density at radius 1 is 1.32 bits per heavy atom. The second kappa shape index (κ2) is 6.81. The van der Waals surface area contributed by atoms with Gasteiger partial charge in [0.1, 0.15) is 5.75 Å². The van der Waals surface area contributed by atoms with Gasteiger partial charge in [-0.05, 0) is 18.2 Å². The van der Waals surface area contributed by atoms with Gasteiger partial charge in [0, 0.05) is 22.2 Å². The van der Waals surface area contributed by atoms with E-state index in [1.165, 1.54) is 36.5 Å². The van der Waals surface area contributed by atoms with Crippen molar-refractivity contribution in [3.8, 4) is 5.75 Å². The van der Waals surface area contributed by atoms with Crippen LogP contribution in [0.1, 0.15) is 15.9 Å². The summed E-state index contributed by atoms with van der Waals surface area (Å²) in [5.74, 6) is -0.774. The molecule has 8 heteroatoms. The smallest absolute Gasteiger partial charge is 0.275 e. The highest BCUT2D eigenvalue weighted by atomic mass is 79.9. The summed E-state index contributed by atoms with van der Waals surface area (Å²) < 4.78 is 0.640. The normalized spacial score (nSPS) is 10.6. The van der Waals surface area contributed by atoms with Crippen molar-refractivity contribution in [2.75, 3.05) is 0 Å². The maximum Gasteiger partial charge on any atom is 0.275 e. The highest BCUT2D eigenvalue weighted by Gasteiger charge is 2.10. The Morgan fingerprint density at radius 2 is 2.09 bits per heavy atom. The highest BCUT2D eigenvalue weighted by Crippen LogP contribution is 2.22. The van der Waals surface area contributed by atoms with Crippen molar-refractivity contribution < 1.29 is 14.8 Å². The lowest BCUT2D eigenvalue weighted by Crippen LogP contribution is -2.17. The van der Waals surface area contributed by atoms with E-state index in [2.05, 4.69) is 26.5 Å². The van der Waals surface area contributed by atoms with Crippen LogP contribution in [0.2, 0.25) is 0 Å². The van der Waals surface area contributed by atoms with E-state index in [9.17, 15) is 20.0 Å². The number of hydrogen-bond acceptors (Lipinski definition) is 5. The maximum absolute atomic E-state index is 11.8. The number of hydrazone groups is 1. The number of hydrogen-bond donors (Lipinski definition) is 2. The molecule has 22 heavy (non-hydrogen) atoms. The number of carbonyl (C=O) groups excluding carboxylic acids is 1. The molecule has 0 atom stereocenters. The van der Waals surface area contributed by atoms with Gasteiger partial charge in [0.15, 0.2) is 0 Å². The monoisotopic (exact) mass is 363 g/mol. The Bertz CT molecular complexity index is 762. The van der Waals surface area contributed by atoms with Crippen molar-refractivity contribution in [2.24, 2.45) is 5.10 Å². The molecule has 0 spiro atoms. The van der Waals surface area contributed by atoms with Crippen LogP contribution in [0.25, 0.3) is 0 Å². The maximum atomic E-state index is 11.8. The number of nitrogens with zero attached hydrogens (tertiary/aromatic N) is 2. The number of nitro benzene ring substituents is 1. The lowest BCUT2D eigenvalue weighted by atomic mass is 10.2. The van der Waals surface area contributed by atoms with Crippen molar-refractivity contribution in [3.63, 3.8) is 0 Å². The highest BCUT2D eigenvalue weighted by molar-refractivity contribution is 9.10. The van der Waals surface area contributed by atoms with Crippen LogP contribution in [0.15, 0.2) is 52.0 Å². The summed E-state index contributed by atoms with van der Waals surface area (Å²) in [6.07, 6.45) is 1.28. The number of aromatic hydroxyl groups is 1. The lowest BCUT2D eigenvalue weighted by Gasteiger charge is -2.03. The van der Waals surface area contributed by atoms with E-state index >= 15 is 0 Å². The molecule has 0 radical (unpaired) electrons. The summed E-state index contributed by atoms with van der Waals surface area (Å²) in [7, 11) is 0. The first-order valence-corrected chi connectivity index (χ1v) is 6.83. The summed E-state index contributed by atoms with van der Waals surface area (Å²) >= 11 is 3.17. The molecular weight excluding hydrogens is 354 g/mol.